The predicted octanol–water partition coefficient (Wildman–Crippen LogP) is 5.37. The first-order valence-corrected chi connectivity index (χ1v) is 6.81. The lowest BCUT2D eigenvalue weighted by Crippen LogP contribution is -2.12. The van der Waals surface area contributed by atoms with Gasteiger partial charge in [0.15, 0.2) is 0 Å². The maximum absolute atomic E-state index is 13.0. The van der Waals surface area contributed by atoms with Crippen LogP contribution in [0.3, 0.4) is 0 Å². The second-order valence-corrected chi connectivity index (χ2v) is 5.25. The summed E-state index contributed by atoms with van der Waals surface area (Å²) >= 11 is 0. The van der Waals surface area contributed by atoms with Crippen LogP contribution in [0.25, 0.3) is 16.7 Å². The third-order valence-electron chi connectivity index (χ3n) is 3.56. The van der Waals surface area contributed by atoms with E-state index in [2.05, 4.69) is 4.98 Å². The van der Waals surface area contributed by atoms with E-state index in [4.69, 9.17) is 0 Å². The van der Waals surface area contributed by atoms with E-state index in [1.54, 1.807) is 24.3 Å². The first-order valence-electron chi connectivity index (χ1n) is 6.81. The monoisotopic (exact) mass is 344 g/mol. The largest absolute Gasteiger partial charge is 0.416 e. The van der Waals surface area contributed by atoms with E-state index in [0.717, 1.165) is 0 Å². The van der Waals surface area contributed by atoms with Crippen molar-refractivity contribution in [2.45, 2.75) is 19.3 Å². The summed E-state index contributed by atoms with van der Waals surface area (Å²) in [5, 5.41) is 0. The van der Waals surface area contributed by atoms with Gasteiger partial charge in [0.25, 0.3) is 0 Å². The lowest BCUT2D eigenvalue weighted by Gasteiger charge is -2.15. The summed E-state index contributed by atoms with van der Waals surface area (Å²) in [7, 11) is 0. The number of rotatable bonds is 1. The van der Waals surface area contributed by atoms with Crippen molar-refractivity contribution < 1.29 is 26.3 Å². The van der Waals surface area contributed by atoms with E-state index in [0.29, 0.717) is 29.0 Å². The highest BCUT2D eigenvalue weighted by atomic mass is 19.4. The van der Waals surface area contributed by atoms with Crippen molar-refractivity contribution >= 4 is 11.0 Å². The van der Waals surface area contributed by atoms with Crippen LogP contribution in [-0.2, 0) is 12.4 Å². The first kappa shape index (κ1) is 16.4. The van der Waals surface area contributed by atoms with E-state index < -0.39 is 23.5 Å². The highest BCUT2D eigenvalue weighted by Crippen LogP contribution is 2.37. The van der Waals surface area contributed by atoms with Gasteiger partial charge in [-0.05, 0) is 37.3 Å². The summed E-state index contributed by atoms with van der Waals surface area (Å²) in [4.78, 5) is 4.17. The first-order chi connectivity index (χ1) is 11.1. The minimum atomic E-state index is -4.89. The van der Waals surface area contributed by atoms with Crippen LogP contribution >= 0.6 is 0 Å². The summed E-state index contributed by atoms with van der Waals surface area (Å²) in [6.07, 6.45) is -9.78. The van der Waals surface area contributed by atoms with Gasteiger partial charge in [-0.1, -0.05) is 12.1 Å². The Morgan fingerprint density at radius 1 is 0.833 bits per heavy atom. The maximum Gasteiger partial charge on any atom is 0.416 e. The van der Waals surface area contributed by atoms with Crippen LogP contribution in [0.5, 0.6) is 0 Å². The maximum atomic E-state index is 13.0. The molecule has 2 aromatic carbocycles. The van der Waals surface area contributed by atoms with Crippen LogP contribution in [0.2, 0.25) is 0 Å². The van der Waals surface area contributed by atoms with Gasteiger partial charge in [0.2, 0.25) is 0 Å². The summed E-state index contributed by atoms with van der Waals surface area (Å²) in [6, 6.07) is 8.04. The zero-order valence-corrected chi connectivity index (χ0v) is 12.2. The summed E-state index contributed by atoms with van der Waals surface area (Å²) in [5.41, 5.74) is -2.03. The summed E-state index contributed by atoms with van der Waals surface area (Å²) in [5.74, 6) is 0.295. The number of para-hydroxylation sites is 2. The van der Waals surface area contributed by atoms with Crippen LogP contribution in [0.15, 0.2) is 42.5 Å². The van der Waals surface area contributed by atoms with Gasteiger partial charge in [0, 0.05) is 5.69 Å². The third kappa shape index (κ3) is 2.83. The van der Waals surface area contributed by atoms with Crippen molar-refractivity contribution in [1.82, 2.24) is 9.55 Å². The molecule has 3 aromatic rings. The van der Waals surface area contributed by atoms with Crippen LogP contribution in [-0.4, -0.2) is 9.55 Å². The number of imidazole rings is 1. The van der Waals surface area contributed by atoms with Gasteiger partial charge in [0.1, 0.15) is 5.82 Å². The van der Waals surface area contributed by atoms with E-state index in [9.17, 15) is 26.3 Å². The van der Waals surface area contributed by atoms with Gasteiger partial charge in [0.05, 0.1) is 22.2 Å². The van der Waals surface area contributed by atoms with Gasteiger partial charge in [-0.3, -0.25) is 4.57 Å². The minimum absolute atomic E-state index is 0.109. The number of fused-ring (bicyclic) bond motifs is 1. The number of aromatic nitrogens is 2. The van der Waals surface area contributed by atoms with E-state index in [-0.39, 0.29) is 11.8 Å². The molecule has 8 heteroatoms. The fourth-order valence-electron chi connectivity index (χ4n) is 2.54. The molecule has 0 spiro atoms. The van der Waals surface area contributed by atoms with Crippen molar-refractivity contribution in [2.75, 3.05) is 0 Å². The smallest absolute Gasteiger partial charge is 0.296 e. The second kappa shape index (κ2) is 5.25. The molecule has 0 N–H and O–H groups in total. The van der Waals surface area contributed by atoms with Crippen molar-refractivity contribution in [2.24, 2.45) is 0 Å². The fraction of sp³-hybridized carbons (Fsp3) is 0.188. The van der Waals surface area contributed by atoms with Crippen LogP contribution in [0.4, 0.5) is 26.3 Å². The fourth-order valence-corrected chi connectivity index (χ4v) is 2.54. The number of alkyl halides is 6. The predicted molar refractivity (Wildman–Crippen MR) is 75.8 cm³/mol. The van der Waals surface area contributed by atoms with Crippen LogP contribution < -0.4 is 0 Å². The van der Waals surface area contributed by atoms with Crippen LogP contribution in [0.1, 0.15) is 17.0 Å². The average molecular weight is 344 g/mol. The molecule has 0 unspecified atom stereocenters. The molecule has 0 aliphatic heterocycles. The quantitative estimate of drug-likeness (QED) is 0.543. The Hall–Kier alpha value is -2.51. The Balaban J connectivity index is 2.32. The number of halogens is 6. The topological polar surface area (TPSA) is 17.8 Å². The van der Waals surface area contributed by atoms with Crippen molar-refractivity contribution in [1.29, 1.82) is 0 Å². The van der Waals surface area contributed by atoms with Gasteiger partial charge < -0.3 is 0 Å². The van der Waals surface area contributed by atoms with Crippen LogP contribution in [0, 0.1) is 6.92 Å². The molecule has 0 saturated carbocycles. The second-order valence-electron chi connectivity index (χ2n) is 5.25. The highest BCUT2D eigenvalue weighted by molar-refractivity contribution is 5.78. The molecule has 0 aliphatic rings. The Morgan fingerprint density at radius 3 is 1.92 bits per heavy atom. The molecule has 126 valence electrons. The molecule has 0 saturated heterocycles. The molecule has 0 fully saturated rings. The molecule has 0 amide bonds. The van der Waals surface area contributed by atoms with Crippen molar-refractivity contribution in [3.63, 3.8) is 0 Å². The van der Waals surface area contributed by atoms with Crippen molar-refractivity contribution in [3.8, 4) is 5.69 Å². The molecule has 1 heterocycles. The molecular formula is C16H10F6N2. The average Bonchev–Trinajstić information content (AvgIpc) is 2.80. The molecule has 0 radical (unpaired) electrons. The van der Waals surface area contributed by atoms with Crippen molar-refractivity contribution in [3.05, 3.63) is 59.4 Å². The zero-order chi connectivity index (χ0) is 17.7. The summed E-state index contributed by atoms with van der Waals surface area (Å²) < 4.78 is 79.3. The number of nitrogens with zero attached hydrogens (tertiary/aromatic N) is 2. The molecular weight excluding hydrogens is 334 g/mol. The van der Waals surface area contributed by atoms with Gasteiger partial charge in [-0.15, -0.1) is 0 Å². The molecule has 0 atom stereocenters. The molecule has 2 nitrogen and oxygen atoms in total. The number of benzene rings is 2. The number of hydrogen-bond acceptors (Lipinski definition) is 1. The summed E-state index contributed by atoms with van der Waals surface area (Å²) in [6.45, 7) is 1.52. The van der Waals surface area contributed by atoms with Gasteiger partial charge >= 0.3 is 12.4 Å². The van der Waals surface area contributed by atoms with E-state index in [1.165, 1.54) is 11.5 Å². The molecule has 0 bridgehead atoms. The standard InChI is InChI=1S/C16H10F6N2/c1-9-23-13-4-2-3-5-14(13)24(9)12-7-10(15(17,18)19)6-11(8-12)16(20,21)22/h2-8H,1H3. The molecule has 24 heavy (non-hydrogen) atoms. The number of aryl methyl sites for hydroxylation is 1. The molecule has 1 aromatic heterocycles. The Bertz CT molecular complexity index is 873. The minimum Gasteiger partial charge on any atom is -0.296 e. The molecule has 3 rings (SSSR count). The Morgan fingerprint density at radius 2 is 1.38 bits per heavy atom. The highest BCUT2D eigenvalue weighted by Gasteiger charge is 2.37. The SMILES string of the molecule is Cc1nc2ccccc2n1-c1cc(C(F)(F)F)cc(C(F)(F)F)c1. The Labute approximate surface area is 132 Å². The number of hydrogen-bond donors (Lipinski definition) is 0. The lowest BCUT2D eigenvalue weighted by molar-refractivity contribution is -0.143. The third-order valence-corrected chi connectivity index (χ3v) is 3.56. The zero-order valence-electron chi connectivity index (χ0n) is 12.2. The Kier molecular flexibility index (Phi) is 3.58. The van der Waals surface area contributed by atoms with Gasteiger partial charge in [-0.2, -0.15) is 26.3 Å². The van der Waals surface area contributed by atoms with E-state index >= 15 is 0 Å². The molecule has 0 aliphatic carbocycles. The van der Waals surface area contributed by atoms with E-state index in [1.807, 2.05) is 0 Å². The normalized spacial score (nSPS) is 12.8. The van der Waals surface area contributed by atoms with Gasteiger partial charge in [-0.25, -0.2) is 4.98 Å². The lowest BCUT2D eigenvalue weighted by atomic mass is 10.1.